The molecule has 2 heterocycles. The molecule has 3 N–H and O–H groups in total. The van der Waals surface area contributed by atoms with Crippen LogP contribution in [0.3, 0.4) is 0 Å². The van der Waals surface area contributed by atoms with Crippen molar-refractivity contribution in [3.8, 4) is 0 Å². The molecule has 0 atom stereocenters. The summed E-state index contributed by atoms with van der Waals surface area (Å²) in [7, 11) is 0. The first-order valence-corrected chi connectivity index (χ1v) is 10.0. The number of amides is 1. The van der Waals surface area contributed by atoms with Gasteiger partial charge in [0.2, 0.25) is 0 Å². The number of nitrogens with zero attached hydrogens (tertiary/aromatic N) is 2. The maximum Gasteiger partial charge on any atom is 0.275 e. The number of benzene rings is 1. The Morgan fingerprint density at radius 2 is 2.04 bits per heavy atom. The van der Waals surface area contributed by atoms with Gasteiger partial charge in [0.25, 0.3) is 5.91 Å². The molecular weight excluding hydrogens is 411 g/mol. The molecule has 9 heteroatoms. The highest BCUT2D eigenvalue weighted by atomic mass is 35.5. The van der Waals surface area contributed by atoms with E-state index in [1.165, 1.54) is 28.4 Å². The number of rotatable bonds is 5. The monoisotopic (exact) mass is 434 g/mol. The highest BCUT2D eigenvalue weighted by molar-refractivity contribution is 7.99. The molecule has 2 aromatic rings. The number of carbonyl (C=O) groups is 1. The summed E-state index contributed by atoms with van der Waals surface area (Å²) in [6.07, 6.45) is 0. The molecule has 1 aromatic heterocycles. The molecule has 0 saturated carbocycles. The standard InChI is InChI=1S/C17H22N4OS2.2ClH/c1-12-13(10-21-5-7-23-8-6-21)3-2-4-14(12)20-17(22)15-11-24-16(9-18)19-15;;/h2-4,11H,5-10,18H2,1H3,(H,20,22);2*1H. The number of anilines is 1. The highest BCUT2D eigenvalue weighted by Crippen LogP contribution is 2.22. The van der Waals surface area contributed by atoms with E-state index in [4.69, 9.17) is 5.73 Å². The lowest BCUT2D eigenvalue weighted by Crippen LogP contribution is -2.32. The lowest BCUT2D eigenvalue weighted by molar-refractivity contribution is 0.102. The fraction of sp³-hybridized carbons (Fsp3) is 0.412. The molecule has 1 saturated heterocycles. The third-order valence-electron chi connectivity index (χ3n) is 4.15. The van der Waals surface area contributed by atoms with Gasteiger partial charge in [-0.1, -0.05) is 12.1 Å². The molecule has 0 unspecified atom stereocenters. The number of halogens is 2. The predicted octanol–water partition coefficient (Wildman–Crippen LogP) is 3.55. The van der Waals surface area contributed by atoms with E-state index in [1.807, 2.05) is 23.9 Å². The third-order valence-corrected chi connectivity index (χ3v) is 5.96. The van der Waals surface area contributed by atoms with Crippen molar-refractivity contribution in [1.82, 2.24) is 9.88 Å². The van der Waals surface area contributed by atoms with Gasteiger partial charge in [0.1, 0.15) is 10.7 Å². The molecule has 1 aromatic carbocycles. The molecule has 144 valence electrons. The lowest BCUT2D eigenvalue weighted by atomic mass is 10.1. The van der Waals surface area contributed by atoms with Gasteiger partial charge in [0.15, 0.2) is 0 Å². The summed E-state index contributed by atoms with van der Waals surface area (Å²) in [4.78, 5) is 19.1. The summed E-state index contributed by atoms with van der Waals surface area (Å²) >= 11 is 3.43. The molecule has 1 aliphatic heterocycles. The first kappa shape index (κ1) is 23.2. The van der Waals surface area contributed by atoms with Crippen LogP contribution in [0.25, 0.3) is 0 Å². The minimum atomic E-state index is -0.180. The Labute approximate surface area is 175 Å². The second-order valence-corrected chi connectivity index (χ2v) is 7.93. The summed E-state index contributed by atoms with van der Waals surface area (Å²) in [6, 6.07) is 6.09. The van der Waals surface area contributed by atoms with Gasteiger partial charge in [-0.3, -0.25) is 9.69 Å². The van der Waals surface area contributed by atoms with E-state index in [0.29, 0.717) is 12.2 Å². The Kier molecular flexibility index (Phi) is 9.92. The summed E-state index contributed by atoms with van der Waals surface area (Å²) in [5.41, 5.74) is 9.23. The first-order chi connectivity index (χ1) is 11.7. The topological polar surface area (TPSA) is 71.2 Å². The molecule has 1 fully saturated rings. The van der Waals surface area contributed by atoms with E-state index >= 15 is 0 Å². The van der Waals surface area contributed by atoms with Gasteiger partial charge in [0, 0.05) is 48.8 Å². The Hall–Kier alpha value is -0.830. The predicted molar refractivity (Wildman–Crippen MR) is 116 cm³/mol. The van der Waals surface area contributed by atoms with Crippen LogP contribution in [0.2, 0.25) is 0 Å². The van der Waals surface area contributed by atoms with Crippen LogP contribution in [0.5, 0.6) is 0 Å². The zero-order valence-corrected chi connectivity index (χ0v) is 17.8. The van der Waals surface area contributed by atoms with E-state index < -0.39 is 0 Å². The molecule has 0 aliphatic carbocycles. The number of thioether (sulfide) groups is 1. The lowest BCUT2D eigenvalue weighted by Gasteiger charge is -2.27. The SMILES string of the molecule is Cc1c(CN2CCSCC2)cccc1NC(=O)c1csc(CN)n1.Cl.Cl. The van der Waals surface area contributed by atoms with Gasteiger partial charge >= 0.3 is 0 Å². The molecule has 0 bridgehead atoms. The minimum Gasteiger partial charge on any atom is -0.325 e. The van der Waals surface area contributed by atoms with Crippen molar-refractivity contribution in [2.24, 2.45) is 5.73 Å². The van der Waals surface area contributed by atoms with Crippen molar-refractivity contribution in [3.63, 3.8) is 0 Å². The fourth-order valence-electron chi connectivity index (χ4n) is 2.69. The highest BCUT2D eigenvalue weighted by Gasteiger charge is 2.15. The van der Waals surface area contributed by atoms with Gasteiger partial charge in [-0.05, 0) is 24.1 Å². The number of nitrogens with two attached hydrogens (primary N) is 1. The van der Waals surface area contributed by atoms with Crippen LogP contribution in [0.4, 0.5) is 5.69 Å². The number of carbonyl (C=O) groups excluding carboxylic acids is 1. The third kappa shape index (κ3) is 5.84. The van der Waals surface area contributed by atoms with E-state index in [9.17, 15) is 4.79 Å². The number of nitrogens with one attached hydrogen (secondary N) is 1. The number of hydrogen-bond donors (Lipinski definition) is 2. The van der Waals surface area contributed by atoms with Crippen LogP contribution in [0.1, 0.15) is 26.6 Å². The maximum atomic E-state index is 12.4. The molecule has 0 radical (unpaired) electrons. The zero-order chi connectivity index (χ0) is 16.9. The quantitative estimate of drug-likeness (QED) is 0.752. The van der Waals surface area contributed by atoms with Crippen molar-refractivity contribution in [1.29, 1.82) is 0 Å². The summed E-state index contributed by atoms with van der Waals surface area (Å²) in [6.45, 7) is 5.61. The fourth-order valence-corrected chi connectivity index (χ4v) is 4.32. The van der Waals surface area contributed by atoms with E-state index in [2.05, 4.69) is 28.2 Å². The van der Waals surface area contributed by atoms with Crippen LogP contribution in [0, 0.1) is 6.92 Å². The molecule has 1 aliphatic rings. The van der Waals surface area contributed by atoms with Crippen LogP contribution in [-0.2, 0) is 13.1 Å². The van der Waals surface area contributed by atoms with E-state index in [1.54, 1.807) is 5.38 Å². The Balaban J connectivity index is 0.00000169. The van der Waals surface area contributed by atoms with Crippen molar-refractivity contribution in [2.45, 2.75) is 20.0 Å². The molecule has 3 rings (SSSR count). The van der Waals surface area contributed by atoms with Crippen molar-refractivity contribution >= 4 is 59.5 Å². The smallest absolute Gasteiger partial charge is 0.275 e. The Morgan fingerprint density at radius 3 is 2.69 bits per heavy atom. The summed E-state index contributed by atoms with van der Waals surface area (Å²) in [5.74, 6) is 2.21. The van der Waals surface area contributed by atoms with Gasteiger partial charge in [-0.15, -0.1) is 36.2 Å². The first-order valence-electron chi connectivity index (χ1n) is 8.02. The van der Waals surface area contributed by atoms with Crippen LogP contribution < -0.4 is 11.1 Å². The largest absolute Gasteiger partial charge is 0.325 e. The van der Waals surface area contributed by atoms with E-state index in [0.717, 1.165) is 35.9 Å². The molecule has 5 nitrogen and oxygen atoms in total. The normalized spacial score (nSPS) is 14.2. The van der Waals surface area contributed by atoms with Crippen LogP contribution in [-0.4, -0.2) is 40.4 Å². The average molecular weight is 435 g/mol. The summed E-state index contributed by atoms with van der Waals surface area (Å²) in [5, 5.41) is 5.51. The summed E-state index contributed by atoms with van der Waals surface area (Å²) < 4.78 is 0. The van der Waals surface area contributed by atoms with Gasteiger partial charge in [-0.2, -0.15) is 11.8 Å². The maximum absolute atomic E-state index is 12.4. The zero-order valence-electron chi connectivity index (χ0n) is 14.6. The number of hydrogen-bond acceptors (Lipinski definition) is 6. The Bertz CT molecular complexity index is 721. The average Bonchev–Trinajstić information content (AvgIpc) is 3.09. The van der Waals surface area contributed by atoms with E-state index in [-0.39, 0.29) is 30.7 Å². The number of aromatic nitrogens is 1. The minimum absolute atomic E-state index is 0. The van der Waals surface area contributed by atoms with Gasteiger partial charge < -0.3 is 11.1 Å². The second-order valence-electron chi connectivity index (χ2n) is 5.76. The Morgan fingerprint density at radius 1 is 1.31 bits per heavy atom. The number of thiazole rings is 1. The van der Waals surface area contributed by atoms with Gasteiger partial charge in [-0.25, -0.2) is 4.98 Å². The second kappa shape index (κ2) is 11.1. The molecule has 0 spiro atoms. The van der Waals surface area contributed by atoms with Crippen LogP contribution >= 0.6 is 47.9 Å². The molecule has 1 amide bonds. The van der Waals surface area contributed by atoms with Crippen molar-refractivity contribution < 1.29 is 4.79 Å². The molecular formula is C17H24Cl2N4OS2. The van der Waals surface area contributed by atoms with Gasteiger partial charge in [0.05, 0.1) is 0 Å². The van der Waals surface area contributed by atoms with Crippen molar-refractivity contribution in [2.75, 3.05) is 29.9 Å². The van der Waals surface area contributed by atoms with Crippen molar-refractivity contribution in [3.05, 3.63) is 45.4 Å². The van der Waals surface area contributed by atoms with Crippen LogP contribution in [0.15, 0.2) is 23.6 Å². The molecule has 26 heavy (non-hydrogen) atoms.